The maximum absolute atomic E-state index is 12.4. The van der Waals surface area contributed by atoms with Crippen LogP contribution >= 0.6 is 0 Å². The topological polar surface area (TPSA) is 93.3 Å². The van der Waals surface area contributed by atoms with E-state index in [9.17, 15) is 9.59 Å². The highest BCUT2D eigenvalue weighted by Gasteiger charge is 2.17. The molecule has 8 nitrogen and oxygen atoms in total. The lowest BCUT2D eigenvalue weighted by atomic mass is 9.95. The maximum atomic E-state index is 12.4. The van der Waals surface area contributed by atoms with Crippen LogP contribution in [-0.2, 0) is 11.3 Å². The summed E-state index contributed by atoms with van der Waals surface area (Å²) in [4.78, 5) is 29.1. The number of para-hydroxylation sites is 1. The van der Waals surface area contributed by atoms with Crippen molar-refractivity contribution in [3.05, 3.63) is 53.1 Å². The van der Waals surface area contributed by atoms with Gasteiger partial charge >= 0.3 is 5.69 Å². The molecular weight excluding hydrogens is 344 g/mol. The number of hydrogen-bond acceptors (Lipinski definition) is 5. The molecule has 2 N–H and O–H groups in total. The standard InChI is InChI=1S/C19H22N6O2/c26-17(21-15-9-5-2-6-10-15)13-25-19(27)24-12-11-16(22-18(24)23-25)20-14-7-3-1-4-8-14/h1,3-4,7-8,11-12,15H,2,5-6,9-10,13H2,(H,21,26)(H,20,22,23). The van der Waals surface area contributed by atoms with Crippen LogP contribution < -0.4 is 16.3 Å². The van der Waals surface area contributed by atoms with Crippen LogP contribution in [0.1, 0.15) is 32.1 Å². The number of rotatable bonds is 5. The molecule has 0 atom stereocenters. The predicted octanol–water partition coefficient (Wildman–Crippen LogP) is 2.08. The van der Waals surface area contributed by atoms with E-state index in [4.69, 9.17) is 0 Å². The largest absolute Gasteiger partial charge is 0.352 e. The highest BCUT2D eigenvalue weighted by Crippen LogP contribution is 2.17. The maximum Gasteiger partial charge on any atom is 0.352 e. The van der Waals surface area contributed by atoms with E-state index in [0.29, 0.717) is 5.82 Å². The molecule has 0 saturated heterocycles. The first-order valence-electron chi connectivity index (χ1n) is 9.27. The quantitative estimate of drug-likeness (QED) is 0.721. The van der Waals surface area contributed by atoms with Crippen molar-refractivity contribution in [2.75, 3.05) is 5.32 Å². The molecule has 0 aliphatic heterocycles. The Morgan fingerprint density at radius 1 is 1.11 bits per heavy atom. The van der Waals surface area contributed by atoms with Crippen LogP contribution in [0.15, 0.2) is 47.4 Å². The first-order valence-corrected chi connectivity index (χ1v) is 9.27. The SMILES string of the molecule is O=C(Cn1nc2nc(Nc3ccccc3)ccn2c1=O)NC1CCCCC1. The van der Waals surface area contributed by atoms with Crippen molar-refractivity contribution >= 4 is 23.2 Å². The molecule has 3 aromatic rings. The molecule has 1 aliphatic rings. The summed E-state index contributed by atoms with van der Waals surface area (Å²) < 4.78 is 2.50. The first-order chi connectivity index (χ1) is 13.2. The normalized spacial score (nSPS) is 15.0. The summed E-state index contributed by atoms with van der Waals surface area (Å²) in [5.74, 6) is 0.652. The smallest absolute Gasteiger partial charge is 0.352 e. The van der Waals surface area contributed by atoms with Crippen molar-refractivity contribution in [3.63, 3.8) is 0 Å². The molecule has 4 rings (SSSR count). The summed E-state index contributed by atoms with van der Waals surface area (Å²) in [6, 6.07) is 11.5. The summed E-state index contributed by atoms with van der Waals surface area (Å²) in [7, 11) is 0. The molecule has 0 radical (unpaired) electrons. The molecule has 0 unspecified atom stereocenters. The molecule has 8 heteroatoms. The second-order valence-corrected chi connectivity index (χ2v) is 6.82. The van der Waals surface area contributed by atoms with Gasteiger partial charge < -0.3 is 10.6 Å². The molecule has 0 bridgehead atoms. The van der Waals surface area contributed by atoms with E-state index >= 15 is 0 Å². The van der Waals surface area contributed by atoms with E-state index in [2.05, 4.69) is 20.7 Å². The molecule has 1 saturated carbocycles. The van der Waals surface area contributed by atoms with Crippen LogP contribution in [0.3, 0.4) is 0 Å². The van der Waals surface area contributed by atoms with Crippen molar-refractivity contribution in [2.24, 2.45) is 0 Å². The van der Waals surface area contributed by atoms with E-state index in [0.717, 1.165) is 36.1 Å². The number of anilines is 2. The Labute approximate surface area is 156 Å². The average Bonchev–Trinajstić information content (AvgIpc) is 2.98. The zero-order valence-corrected chi connectivity index (χ0v) is 15.0. The highest BCUT2D eigenvalue weighted by molar-refractivity contribution is 5.76. The van der Waals surface area contributed by atoms with Gasteiger partial charge in [0.25, 0.3) is 5.78 Å². The number of benzene rings is 1. The lowest BCUT2D eigenvalue weighted by Crippen LogP contribution is -2.40. The van der Waals surface area contributed by atoms with E-state index in [1.54, 1.807) is 12.3 Å². The Kier molecular flexibility index (Phi) is 4.86. The van der Waals surface area contributed by atoms with Crippen LogP contribution in [0.2, 0.25) is 0 Å². The summed E-state index contributed by atoms with van der Waals surface area (Å²) in [5.41, 5.74) is 0.519. The first kappa shape index (κ1) is 17.3. The Bertz CT molecular complexity index is 988. The third kappa shape index (κ3) is 3.99. The van der Waals surface area contributed by atoms with E-state index in [1.165, 1.54) is 10.8 Å². The minimum Gasteiger partial charge on any atom is -0.352 e. The molecule has 1 amide bonds. The monoisotopic (exact) mass is 366 g/mol. The summed E-state index contributed by atoms with van der Waals surface area (Å²) >= 11 is 0. The van der Waals surface area contributed by atoms with Crippen molar-refractivity contribution in [2.45, 2.75) is 44.7 Å². The van der Waals surface area contributed by atoms with Crippen LogP contribution in [0.25, 0.3) is 5.78 Å². The van der Waals surface area contributed by atoms with Gasteiger partial charge in [0.15, 0.2) is 0 Å². The van der Waals surface area contributed by atoms with Gasteiger partial charge in [-0.3, -0.25) is 4.79 Å². The zero-order valence-electron chi connectivity index (χ0n) is 15.0. The second kappa shape index (κ2) is 7.61. The van der Waals surface area contributed by atoms with Gasteiger partial charge in [-0.05, 0) is 31.0 Å². The number of nitrogens with one attached hydrogen (secondary N) is 2. The molecule has 1 aromatic carbocycles. The number of nitrogens with zero attached hydrogens (tertiary/aromatic N) is 4. The highest BCUT2D eigenvalue weighted by atomic mass is 16.2. The Balaban J connectivity index is 1.49. The van der Waals surface area contributed by atoms with Gasteiger partial charge in [0, 0.05) is 17.9 Å². The van der Waals surface area contributed by atoms with Crippen LogP contribution in [0.5, 0.6) is 0 Å². The zero-order chi connectivity index (χ0) is 18.6. The fourth-order valence-corrected chi connectivity index (χ4v) is 3.40. The number of carbonyl (C=O) groups excluding carboxylic acids is 1. The number of aromatic nitrogens is 4. The predicted molar refractivity (Wildman–Crippen MR) is 102 cm³/mol. The molecular formula is C19H22N6O2. The third-order valence-electron chi connectivity index (χ3n) is 4.76. The average molecular weight is 366 g/mol. The number of amides is 1. The summed E-state index contributed by atoms with van der Waals surface area (Å²) in [6.07, 6.45) is 7.12. The molecule has 2 heterocycles. The van der Waals surface area contributed by atoms with Gasteiger partial charge in [-0.25, -0.2) is 13.9 Å². The lowest BCUT2D eigenvalue weighted by Gasteiger charge is -2.22. The molecule has 0 spiro atoms. The fraction of sp³-hybridized carbons (Fsp3) is 0.368. The third-order valence-corrected chi connectivity index (χ3v) is 4.76. The molecule has 2 aromatic heterocycles. The lowest BCUT2D eigenvalue weighted by molar-refractivity contribution is -0.122. The molecule has 1 aliphatic carbocycles. The summed E-state index contributed by atoms with van der Waals surface area (Å²) in [5, 5.41) is 10.4. The minimum absolute atomic E-state index is 0.0971. The van der Waals surface area contributed by atoms with Crippen LogP contribution in [-0.4, -0.2) is 31.1 Å². The van der Waals surface area contributed by atoms with Crippen molar-refractivity contribution in [1.82, 2.24) is 24.5 Å². The van der Waals surface area contributed by atoms with Crippen LogP contribution in [0.4, 0.5) is 11.5 Å². The second-order valence-electron chi connectivity index (χ2n) is 6.82. The van der Waals surface area contributed by atoms with E-state index < -0.39 is 0 Å². The molecule has 1 fully saturated rings. The van der Waals surface area contributed by atoms with E-state index in [1.807, 2.05) is 30.3 Å². The van der Waals surface area contributed by atoms with Crippen molar-refractivity contribution < 1.29 is 4.79 Å². The van der Waals surface area contributed by atoms with Gasteiger partial charge in [-0.2, -0.15) is 4.98 Å². The van der Waals surface area contributed by atoms with Gasteiger partial charge in [0.05, 0.1) is 0 Å². The van der Waals surface area contributed by atoms with Gasteiger partial charge in [-0.15, -0.1) is 5.10 Å². The van der Waals surface area contributed by atoms with Crippen molar-refractivity contribution in [1.29, 1.82) is 0 Å². The van der Waals surface area contributed by atoms with E-state index in [-0.39, 0.29) is 30.0 Å². The van der Waals surface area contributed by atoms with Crippen molar-refractivity contribution in [3.8, 4) is 0 Å². The van der Waals surface area contributed by atoms with Gasteiger partial charge in [0.2, 0.25) is 5.91 Å². The Hall–Kier alpha value is -3.16. The minimum atomic E-state index is -0.373. The Morgan fingerprint density at radius 3 is 2.67 bits per heavy atom. The number of carbonyl (C=O) groups is 1. The summed E-state index contributed by atoms with van der Waals surface area (Å²) in [6.45, 7) is -0.0971. The fourth-order valence-electron chi connectivity index (χ4n) is 3.40. The number of hydrogen-bond donors (Lipinski definition) is 2. The molecule has 27 heavy (non-hydrogen) atoms. The van der Waals surface area contributed by atoms with Gasteiger partial charge in [-0.1, -0.05) is 37.5 Å². The number of fused-ring (bicyclic) bond motifs is 1. The Morgan fingerprint density at radius 2 is 1.89 bits per heavy atom. The molecule has 140 valence electrons. The van der Waals surface area contributed by atoms with Crippen LogP contribution in [0, 0.1) is 0 Å². The van der Waals surface area contributed by atoms with Gasteiger partial charge in [0.1, 0.15) is 12.4 Å².